The van der Waals surface area contributed by atoms with Gasteiger partial charge >= 0.3 is 0 Å². The molecule has 21 heavy (non-hydrogen) atoms. The number of hydrogen-bond donors (Lipinski definition) is 2. The van der Waals surface area contributed by atoms with Gasteiger partial charge in [-0.25, -0.2) is 13.1 Å². The molecule has 0 aliphatic heterocycles. The summed E-state index contributed by atoms with van der Waals surface area (Å²) < 4.78 is 27.6. The van der Waals surface area contributed by atoms with Gasteiger partial charge in [-0.05, 0) is 50.0 Å². The molecule has 0 aromatic heterocycles. The van der Waals surface area contributed by atoms with E-state index in [1.165, 1.54) is 0 Å². The zero-order chi connectivity index (χ0) is 15.9. The van der Waals surface area contributed by atoms with Gasteiger partial charge in [-0.1, -0.05) is 17.9 Å². The molecule has 1 aromatic rings. The summed E-state index contributed by atoms with van der Waals surface area (Å²) >= 11 is 1.68. The van der Waals surface area contributed by atoms with Gasteiger partial charge in [0.2, 0.25) is 10.0 Å². The average molecular weight is 327 g/mol. The van der Waals surface area contributed by atoms with Crippen LogP contribution in [0.5, 0.6) is 0 Å². The van der Waals surface area contributed by atoms with Gasteiger partial charge in [0.05, 0.1) is 4.90 Å². The maximum absolute atomic E-state index is 12.5. The van der Waals surface area contributed by atoms with E-state index < -0.39 is 10.0 Å². The zero-order valence-corrected chi connectivity index (χ0v) is 14.1. The minimum atomic E-state index is -3.61. The Bertz CT molecular complexity index is 630. The fraction of sp³-hybridized carbons (Fsp3) is 0.467. The lowest BCUT2D eigenvalue weighted by molar-refractivity contribution is 0.350. The van der Waals surface area contributed by atoms with Gasteiger partial charge in [0.1, 0.15) is 6.61 Å². The van der Waals surface area contributed by atoms with Crippen LogP contribution in [0.15, 0.2) is 23.1 Å². The molecule has 6 heteroatoms. The molecule has 4 nitrogen and oxygen atoms in total. The largest absolute Gasteiger partial charge is 0.384 e. The van der Waals surface area contributed by atoms with Gasteiger partial charge < -0.3 is 5.11 Å². The first-order valence-corrected chi connectivity index (χ1v) is 9.50. The lowest BCUT2D eigenvalue weighted by Gasteiger charge is -2.15. The molecule has 0 heterocycles. The summed E-state index contributed by atoms with van der Waals surface area (Å²) in [4.78, 5) is 0.157. The molecule has 0 saturated carbocycles. The van der Waals surface area contributed by atoms with E-state index in [1.807, 2.05) is 20.1 Å². The van der Waals surface area contributed by atoms with Gasteiger partial charge in [0.25, 0.3) is 0 Å². The van der Waals surface area contributed by atoms with Crippen LogP contribution in [0.3, 0.4) is 0 Å². The highest BCUT2D eigenvalue weighted by Crippen LogP contribution is 2.17. The van der Waals surface area contributed by atoms with Crippen molar-refractivity contribution in [1.82, 2.24) is 4.72 Å². The van der Waals surface area contributed by atoms with Gasteiger partial charge in [-0.2, -0.15) is 11.8 Å². The Morgan fingerprint density at radius 2 is 2.14 bits per heavy atom. The third kappa shape index (κ3) is 5.71. The number of aliphatic hydroxyl groups is 1. The summed E-state index contributed by atoms with van der Waals surface area (Å²) in [6.45, 7) is 3.42. The number of aliphatic hydroxyl groups excluding tert-OH is 1. The Kier molecular flexibility index (Phi) is 7.26. The second-order valence-electron chi connectivity index (χ2n) is 4.76. The van der Waals surface area contributed by atoms with Crippen LogP contribution in [0, 0.1) is 18.8 Å². The van der Waals surface area contributed by atoms with Crippen molar-refractivity contribution in [2.24, 2.45) is 0 Å². The topological polar surface area (TPSA) is 66.4 Å². The molecule has 1 atom stereocenters. The maximum atomic E-state index is 12.5. The molecule has 0 amide bonds. The third-order valence-electron chi connectivity index (χ3n) is 2.84. The highest BCUT2D eigenvalue weighted by Gasteiger charge is 2.20. The molecule has 1 aromatic carbocycles. The number of thioether (sulfide) groups is 1. The van der Waals surface area contributed by atoms with E-state index in [1.54, 1.807) is 30.0 Å². The van der Waals surface area contributed by atoms with E-state index in [0.29, 0.717) is 5.56 Å². The summed E-state index contributed by atoms with van der Waals surface area (Å²) in [5.41, 5.74) is 1.33. The smallest absolute Gasteiger partial charge is 0.242 e. The van der Waals surface area contributed by atoms with E-state index in [0.717, 1.165) is 17.7 Å². The highest BCUT2D eigenvalue weighted by molar-refractivity contribution is 7.98. The van der Waals surface area contributed by atoms with E-state index in [-0.39, 0.29) is 17.5 Å². The lowest BCUT2D eigenvalue weighted by Crippen LogP contribution is -2.33. The predicted molar refractivity (Wildman–Crippen MR) is 87.9 cm³/mol. The van der Waals surface area contributed by atoms with Crippen molar-refractivity contribution in [1.29, 1.82) is 0 Å². The van der Waals surface area contributed by atoms with Gasteiger partial charge in [0, 0.05) is 11.6 Å². The Morgan fingerprint density at radius 3 is 2.76 bits per heavy atom. The number of sulfonamides is 1. The Balaban J connectivity index is 3.07. The zero-order valence-electron chi connectivity index (χ0n) is 12.5. The van der Waals surface area contributed by atoms with Crippen molar-refractivity contribution < 1.29 is 13.5 Å². The highest BCUT2D eigenvalue weighted by atomic mass is 32.2. The van der Waals surface area contributed by atoms with E-state index in [4.69, 9.17) is 5.11 Å². The van der Waals surface area contributed by atoms with Crippen molar-refractivity contribution in [3.8, 4) is 11.8 Å². The Hall–Kier alpha value is -1.00. The van der Waals surface area contributed by atoms with Crippen molar-refractivity contribution in [2.75, 3.05) is 18.6 Å². The first-order chi connectivity index (χ1) is 9.90. The van der Waals surface area contributed by atoms with Crippen LogP contribution in [-0.4, -0.2) is 38.2 Å². The summed E-state index contributed by atoms with van der Waals surface area (Å²) in [5, 5.41) is 8.79. The first kappa shape index (κ1) is 18.1. The lowest BCUT2D eigenvalue weighted by atomic mass is 10.1. The summed E-state index contributed by atoms with van der Waals surface area (Å²) in [6.07, 6.45) is 2.76. The average Bonchev–Trinajstić information content (AvgIpc) is 2.42. The third-order valence-corrected chi connectivity index (χ3v) is 5.13. The molecule has 0 aliphatic rings. The number of rotatable bonds is 6. The molecule has 116 valence electrons. The first-order valence-electron chi connectivity index (χ1n) is 6.62. The fourth-order valence-corrected chi connectivity index (χ4v) is 3.80. The molecule has 0 fully saturated rings. The van der Waals surface area contributed by atoms with Crippen LogP contribution in [0.2, 0.25) is 0 Å². The van der Waals surface area contributed by atoms with Crippen LogP contribution < -0.4 is 4.72 Å². The Morgan fingerprint density at radius 1 is 1.43 bits per heavy atom. The molecular weight excluding hydrogens is 306 g/mol. The fourth-order valence-electron chi connectivity index (χ4n) is 1.79. The van der Waals surface area contributed by atoms with Gasteiger partial charge in [-0.3, -0.25) is 0 Å². The minimum absolute atomic E-state index is 0.137. The Labute approximate surface area is 131 Å². The molecular formula is C15H21NO3S2. The van der Waals surface area contributed by atoms with Crippen LogP contribution >= 0.6 is 11.8 Å². The molecule has 0 aliphatic carbocycles. The van der Waals surface area contributed by atoms with Crippen LogP contribution in [-0.2, 0) is 10.0 Å². The van der Waals surface area contributed by atoms with E-state index in [9.17, 15) is 8.42 Å². The van der Waals surface area contributed by atoms with Crippen LogP contribution in [0.25, 0.3) is 0 Å². The number of benzene rings is 1. The van der Waals surface area contributed by atoms with Crippen LogP contribution in [0.1, 0.15) is 24.5 Å². The number of hydrogen-bond acceptors (Lipinski definition) is 4. The summed E-state index contributed by atoms with van der Waals surface area (Å²) in [5.74, 6) is 6.10. The van der Waals surface area contributed by atoms with E-state index >= 15 is 0 Å². The predicted octanol–water partition coefficient (Wildman–Crippen LogP) is 1.76. The maximum Gasteiger partial charge on any atom is 0.242 e. The second kappa shape index (κ2) is 8.44. The van der Waals surface area contributed by atoms with Gasteiger partial charge in [-0.15, -0.1) is 0 Å². The molecule has 1 unspecified atom stereocenters. The minimum Gasteiger partial charge on any atom is -0.384 e. The van der Waals surface area contributed by atoms with Crippen LogP contribution in [0.4, 0.5) is 0 Å². The summed E-state index contributed by atoms with van der Waals surface area (Å²) in [6, 6.07) is 4.87. The number of aryl methyl sites for hydroxylation is 1. The SMILES string of the molecule is CSCCC(C)NS(=O)(=O)c1ccc(C)cc1C#CCO. The van der Waals surface area contributed by atoms with Crippen molar-refractivity contribution >= 4 is 21.8 Å². The van der Waals surface area contributed by atoms with E-state index in [2.05, 4.69) is 16.6 Å². The second-order valence-corrected chi connectivity index (χ2v) is 7.43. The molecule has 0 spiro atoms. The molecule has 0 radical (unpaired) electrons. The van der Waals surface area contributed by atoms with Crippen molar-refractivity contribution in [3.05, 3.63) is 29.3 Å². The normalized spacial score (nSPS) is 12.6. The standard InChI is InChI=1S/C15H21NO3S2/c1-12-6-7-15(14(11-12)5-4-9-17)21(18,19)16-13(2)8-10-20-3/h6-7,11,13,16-17H,8-10H2,1-3H3. The molecule has 0 bridgehead atoms. The van der Waals surface area contributed by atoms with Crippen molar-refractivity contribution in [2.45, 2.75) is 31.2 Å². The molecule has 2 N–H and O–H groups in total. The number of nitrogens with one attached hydrogen (secondary N) is 1. The molecule has 1 rings (SSSR count). The molecule has 0 saturated heterocycles. The van der Waals surface area contributed by atoms with Gasteiger partial charge in [0.15, 0.2) is 0 Å². The summed E-state index contributed by atoms with van der Waals surface area (Å²) in [7, 11) is -3.61. The van der Waals surface area contributed by atoms with Crippen molar-refractivity contribution in [3.63, 3.8) is 0 Å². The monoisotopic (exact) mass is 327 g/mol. The quantitative estimate of drug-likeness (QED) is 0.781.